The van der Waals surface area contributed by atoms with Crippen molar-refractivity contribution < 1.29 is 35.6 Å². The molecule has 642 valence electrons. The Bertz CT molecular complexity index is 6280. The van der Waals surface area contributed by atoms with Gasteiger partial charge in [0, 0.05) is 99.3 Å². The smallest absolute Gasteiger partial charge is 0.201 e. The number of aryl methyl sites for hydroxylation is 17. The zero-order chi connectivity index (χ0) is 93.5. The third kappa shape index (κ3) is 22.9. The van der Waals surface area contributed by atoms with Crippen molar-refractivity contribution in [3.05, 3.63) is 369 Å². The van der Waals surface area contributed by atoms with Crippen molar-refractivity contribution >= 4 is 0 Å². The number of nitrogens with zero attached hydrogens (tertiary/aromatic N) is 6. The molecule has 6 heteroatoms. The number of aromatic nitrogens is 6. The predicted molar refractivity (Wildman–Crippen MR) is 524 cm³/mol. The number of benzene rings is 8. The first-order chi connectivity index (χ1) is 62.8. The molecular weight excluding hydrogens is 1510 g/mol. The zero-order valence-electron chi connectivity index (χ0n) is 84.2. The largest absolute Gasteiger partial charge is 0.220 e. The van der Waals surface area contributed by atoms with E-state index < -0.39 is 24.5 Å². The van der Waals surface area contributed by atoms with Crippen LogP contribution in [-0.4, -0.2) is 0 Å². The average Bonchev–Trinajstić information content (AvgIpc) is 1.74. The lowest BCUT2D eigenvalue weighted by Crippen LogP contribution is -2.32. The monoisotopic (exact) mass is 1660 g/mol. The van der Waals surface area contributed by atoms with E-state index in [9.17, 15) is 0 Å². The standard InChI is InChI=1S/C22H24N.C21H22N.C20H26N.2C19H24N.C18H22N/c1-15-13-20(21-17(3)10-8-11-18(21)4)22(23(5)14-15)19-12-7-6-9-16(19)2;1-15-13-20(18-11-7-5-9-16(18)2)21(22(4)14-15)19-12-8-6-10-17(19)3;1-16-9-6-7-13-19(16)20-18(12-8-14-21(20)2)15-17-10-4-3-5-11-17;1-15-8-3-6-12-18(15)19-17(11-7-13-20(19)2)14-16-9-4-5-10-16;1-15-9-6-7-12-17(15)19-18(13-8-14-20(19)2)16-10-4-3-5-11-16;1-14-8-3-6-11-16(14)18-17(12-7-13-19(18)2)15-9-4-5-10-15/h6-14H,1-5H3;5-14H,1-4H3;6-9,12-14,17H,3-5,10-11,15H2,1-2H3;3,6-8,11-13,16H,4-5,9-10,14H2,1-2H3;6-9,12-14,16H,3-5,10-11H2,1-2H3;3,6-8,11-13,15H,4-5,9-10H2,1-2H3/q6*+1/i;;15D2;14D2;16D;15D. The van der Waals surface area contributed by atoms with E-state index >= 15 is 0 Å². The first-order valence-electron chi connectivity index (χ1n) is 49.3. The van der Waals surface area contributed by atoms with Gasteiger partial charge in [0.1, 0.15) is 42.3 Å². The van der Waals surface area contributed by atoms with Gasteiger partial charge in [-0.3, -0.25) is 0 Å². The van der Waals surface area contributed by atoms with E-state index in [1.165, 1.54) is 178 Å². The van der Waals surface area contributed by atoms with Gasteiger partial charge in [-0.15, -0.1) is 0 Å². The van der Waals surface area contributed by atoms with Crippen molar-refractivity contribution in [3.8, 4) is 89.8 Å². The summed E-state index contributed by atoms with van der Waals surface area (Å²) in [5, 5.41) is 0. The summed E-state index contributed by atoms with van der Waals surface area (Å²) in [5.41, 5.74) is 37.8. The number of hydrogen-bond acceptors (Lipinski definition) is 0. The predicted octanol–water partition coefficient (Wildman–Crippen LogP) is 27.4. The van der Waals surface area contributed by atoms with Crippen LogP contribution >= 0.6 is 0 Å². The molecule has 0 bridgehead atoms. The van der Waals surface area contributed by atoms with Crippen molar-refractivity contribution in [1.82, 2.24) is 0 Å². The van der Waals surface area contributed by atoms with Gasteiger partial charge in [0.25, 0.3) is 0 Å². The molecular formula is C119H142N6+6. The minimum absolute atomic E-state index is 0.126. The van der Waals surface area contributed by atoms with Gasteiger partial charge in [-0.2, -0.15) is 0 Å². The highest BCUT2D eigenvalue weighted by molar-refractivity contribution is 5.84. The molecule has 0 saturated heterocycles. The highest BCUT2D eigenvalue weighted by Crippen LogP contribution is 2.42. The Morgan fingerprint density at radius 2 is 0.496 bits per heavy atom. The van der Waals surface area contributed by atoms with Gasteiger partial charge in [0.2, 0.25) is 34.2 Å². The maximum Gasteiger partial charge on any atom is 0.220 e. The van der Waals surface area contributed by atoms with E-state index in [1.807, 2.05) is 75.0 Å². The summed E-state index contributed by atoms with van der Waals surface area (Å²) in [5.74, 6) is -0.565. The molecule has 18 rings (SSSR count). The van der Waals surface area contributed by atoms with E-state index in [0.29, 0.717) is 0 Å². The fraction of sp³-hybridized carbons (Fsp3) is 0.345. The van der Waals surface area contributed by atoms with E-state index in [4.69, 9.17) is 8.22 Å². The average molecular weight is 1660 g/mol. The Kier molecular flexibility index (Phi) is 29.3. The molecule has 0 aliphatic heterocycles. The second kappa shape index (κ2) is 44.0. The molecule has 125 heavy (non-hydrogen) atoms. The summed E-state index contributed by atoms with van der Waals surface area (Å²) in [7, 11) is 12.5. The molecule has 14 aromatic rings. The fourth-order valence-electron chi connectivity index (χ4n) is 19.7. The van der Waals surface area contributed by atoms with Crippen LogP contribution in [0.1, 0.15) is 219 Å². The first kappa shape index (κ1) is 83.2. The first-order valence-corrected chi connectivity index (χ1v) is 46.3. The molecule has 4 fully saturated rings. The molecule has 0 amide bonds. The lowest BCUT2D eigenvalue weighted by molar-refractivity contribution is -0.661. The summed E-state index contributed by atoms with van der Waals surface area (Å²) in [6.45, 7) is 23.8. The number of hydrogen-bond donors (Lipinski definition) is 0. The molecule has 0 unspecified atom stereocenters. The van der Waals surface area contributed by atoms with Crippen molar-refractivity contribution in [2.45, 2.75) is 216 Å². The Labute approximate surface area is 760 Å². The van der Waals surface area contributed by atoms with Crippen LogP contribution in [-0.2, 0) is 55.0 Å². The van der Waals surface area contributed by atoms with Gasteiger partial charge >= 0.3 is 0 Å². The van der Waals surface area contributed by atoms with E-state index in [2.05, 4.69) is 357 Å². The summed E-state index contributed by atoms with van der Waals surface area (Å²) in [4.78, 5) is 0. The second-order valence-electron chi connectivity index (χ2n) is 35.9. The summed E-state index contributed by atoms with van der Waals surface area (Å²) in [6, 6.07) is 86.9. The Morgan fingerprint density at radius 3 is 0.840 bits per heavy atom. The minimum Gasteiger partial charge on any atom is -0.201 e. The fourth-order valence-corrected chi connectivity index (χ4v) is 19.7. The molecule has 4 saturated carbocycles. The Hall–Kier alpha value is -11.3. The van der Waals surface area contributed by atoms with Crippen LogP contribution in [0, 0.1) is 88.0 Å². The third-order valence-corrected chi connectivity index (χ3v) is 26.2. The highest BCUT2D eigenvalue weighted by atomic mass is 15.0. The Morgan fingerprint density at radius 1 is 0.240 bits per heavy atom. The topological polar surface area (TPSA) is 23.3 Å². The van der Waals surface area contributed by atoms with Gasteiger partial charge < -0.3 is 0 Å². The van der Waals surface area contributed by atoms with Gasteiger partial charge in [-0.05, 0) is 272 Å². The van der Waals surface area contributed by atoms with Crippen LogP contribution in [0.15, 0.2) is 286 Å². The molecule has 8 aromatic carbocycles. The molecule has 0 radical (unpaired) electrons. The van der Waals surface area contributed by atoms with Crippen LogP contribution in [0.4, 0.5) is 0 Å². The third-order valence-electron chi connectivity index (χ3n) is 26.2. The number of rotatable bonds is 14. The van der Waals surface area contributed by atoms with Gasteiger partial charge in [-0.1, -0.05) is 242 Å². The summed E-state index contributed by atoms with van der Waals surface area (Å²) >= 11 is 0. The van der Waals surface area contributed by atoms with E-state index in [1.54, 1.807) is 0 Å². The van der Waals surface area contributed by atoms with Crippen LogP contribution in [0.5, 0.6) is 0 Å². The number of pyridine rings is 6. The summed E-state index contributed by atoms with van der Waals surface area (Å²) < 4.78 is 66.2. The molecule has 0 spiro atoms. The second-order valence-corrected chi connectivity index (χ2v) is 35.9. The lowest BCUT2D eigenvalue weighted by atomic mass is 9.82. The molecule has 0 N–H and O–H groups in total. The van der Waals surface area contributed by atoms with Crippen molar-refractivity contribution in [2.24, 2.45) is 54.1 Å². The van der Waals surface area contributed by atoms with Crippen LogP contribution in [0.25, 0.3) is 89.8 Å². The summed E-state index contributed by atoms with van der Waals surface area (Å²) in [6.07, 6.45) is 29.8. The minimum atomic E-state index is -1.28. The molecule has 0 atom stereocenters. The van der Waals surface area contributed by atoms with Gasteiger partial charge in [0.05, 0.1) is 11.1 Å². The van der Waals surface area contributed by atoms with Crippen molar-refractivity contribution in [3.63, 3.8) is 0 Å². The van der Waals surface area contributed by atoms with E-state index in [0.717, 1.165) is 111 Å². The Balaban J connectivity index is 0.000000134. The SMILES string of the molecule is Cc1cc(-c2c(C)cccc2C)c(-c2ccccc2C)[n+](C)c1.Cc1cc(-c2ccccc2C)c(-c2ccccc2C)[n+](C)c1.[2H]C([2H])(c1ccc[n+](C)c1-c1ccccc1C)C1CCCC1.[2H]C([2H])(c1ccc[n+](C)c1-c1ccccc1C)C1CCCCC1.[2H]C1(c2ccc[n+](C)c2-c2ccccc2C)CCCC1.[2H]C1(c2ccc[n+](C)c2-c2ccccc2C)CCCCC1. The van der Waals surface area contributed by atoms with Crippen molar-refractivity contribution in [1.29, 1.82) is 0 Å². The van der Waals surface area contributed by atoms with Crippen LogP contribution < -0.4 is 27.4 Å². The van der Waals surface area contributed by atoms with E-state index in [-0.39, 0.29) is 11.8 Å². The molecule has 4 aliphatic rings. The lowest BCUT2D eigenvalue weighted by Gasteiger charge is -2.23. The molecule has 6 heterocycles. The zero-order valence-corrected chi connectivity index (χ0v) is 78.2. The normalized spacial score (nSPS) is 15.6. The van der Waals surface area contributed by atoms with Gasteiger partial charge in [-0.25, -0.2) is 27.4 Å². The maximum atomic E-state index is 9.01. The van der Waals surface area contributed by atoms with Crippen molar-refractivity contribution in [2.75, 3.05) is 0 Å². The maximum absolute atomic E-state index is 9.01. The quantitative estimate of drug-likeness (QED) is 0.0969. The van der Waals surface area contributed by atoms with Crippen LogP contribution in [0.3, 0.4) is 0 Å². The van der Waals surface area contributed by atoms with Crippen LogP contribution in [0.2, 0.25) is 0 Å². The molecule has 6 aromatic heterocycles. The molecule has 4 aliphatic carbocycles. The van der Waals surface area contributed by atoms with Gasteiger partial charge in [0.15, 0.2) is 37.2 Å². The highest BCUT2D eigenvalue weighted by Gasteiger charge is 2.31. The molecule has 6 nitrogen and oxygen atoms in total.